The normalized spacial score (nSPS) is 22.9. The van der Waals surface area contributed by atoms with Gasteiger partial charge in [0.1, 0.15) is 11.5 Å². The number of hydrogen-bond donors (Lipinski definition) is 2. The van der Waals surface area contributed by atoms with E-state index in [0.29, 0.717) is 23.9 Å². The molecule has 1 aromatic carbocycles. The van der Waals surface area contributed by atoms with Gasteiger partial charge in [-0.15, -0.1) is 5.10 Å². The summed E-state index contributed by atoms with van der Waals surface area (Å²) in [5.74, 6) is 0.687. The number of nitrogens with zero attached hydrogens (tertiary/aromatic N) is 5. The van der Waals surface area contributed by atoms with Crippen LogP contribution in [0.2, 0.25) is 0 Å². The minimum atomic E-state index is -3.35. The molecule has 0 spiro atoms. The number of ether oxygens (including phenoxy) is 1. The van der Waals surface area contributed by atoms with Crippen molar-refractivity contribution in [1.29, 1.82) is 0 Å². The molecule has 10 nitrogen and oxygen atoms in total. The van der Waals surface area contributed by atoms with E-state index >= 15 is 0 Å². The minimum absolute atomic E-state index is 0.129. The third-order valence-electron chi connectivity index (χ3n) is 5.70. The molecule has 0 aromatic heterocycles. The SMILES string of the molecule is C=N/C(N)=C(\N=C(C)c1ccc(S(=O)(=O)C(C)C)cc1)C1OC(CN2CCC(N)C2)=NN1C. The average Bonchev–Trinajstić information content (AvgIpc) is 3.35. The summed E-state index contributed by atoms with van der Waals surface area (Å²) >= 11 is 0. The van der Waals surface area contributed by atoms with Crippen molar-refractivity contribution in [2.75, 3.05) is 26.7 Å². The van der Waals surface area contributed by atoms with Gasteiger partial charge < -0.3 is 16.2 Å². The van der Waals surface area contributed by atoms with Crippen LogP contribution < -0.4 is 11.5 Å². The van der Waals surface area contributed by atoms with Gasteiger partial charge >= 0.3 is 0 Å². The first-order chi connectivity index (χ1) is 15.5. The van der Waals surface area contributed by atoms with Crippen LogP contribution in [-0.2, 0) is 14.6 Å². The molecule has 1 fully saturated rings. The molecule has 4 N–H and O–H groups in total. The number of aliphatic imine (C=N–C) groups is 2. The van der Waals surface area contributed by atoms with Crippen molar-refractivity contribution in [3.05, 3.63) is 41.3 Å². The molecule has 1 aromatic rings. The highest BCUT2D eigenvalue weighted by Gasteiger charge is 2.32. The number of likely N-dealkylation sites (tertiary alicyclic amines) is 1. The first-order valence-electron chi connectivity index (χ1n) is 10.8. The highest BCUT2D eigenvalue weighted by molar-refractivity contribution is 7.92. The van der Waals surface area contributed by atoms with Gasteiger partial charge in [-0.2, -0.15) is 0 Å². The van der Waals surface area contributed by atoms with E-state index < -0.39 is 21.3 Å². The highest BCUT2D eigenvalue weighted by atomic mass is 32.2. The van der Waals surface area contributed by atoms with Gasteiger partial charge in [0.2, 0.25) is 12.1 Å². The molecule has 0 bridgehead atoms. The molecule has 2 aliphatic rings. The lowest BCUT2D eigenvalue weighted by Gasteiger charge is -2.20. The second-order valence-corrected chi connectivity index (χ2v) is 11.1. The van der Waals surface area contributed by atoms with E-state index in [0.717, 1.165) is 25.1 Å². The Hall–Kier alpha value is -2.76. The van der Waals surface area contributed by atoms with E-state index in [2.05, 4.69) is 26.7 Å². The molecule has 2 unspecified atom stereocenters. The predicted molar refractivity (Wildman–Crippen MR) is 131 cm³/mol. The van der Waals surface area contributed by atoms with Crippen LogP contribution in [0, 0.1) is 0 Å². The van der Waals surface area contributed by atoms with Crippen molar-refractivity contribution >= 4 is 28.2 Å². The fourth-order valence-corrected chi connectivity index (χ4v) is 4.74. The quantitative estimate of drug-likeness (QED) is 0.538. The van der Waals surface area contributed by atoms with Crippen LogP contribution in [-0.4, -0.2) is 80.9 Å². The maximum atomic E-state index is 12.4. The van der Waals surface area contributed by atoms with E-state index in [1.165, 1.54) is 0 Å². The monoisotopic (exact) mass is 475 g/mol. The molecule has 0 saturated carbocycles. The lowest BCUT2D eigenvalue weighted by molar-refractivity contribution is 0.105. The lowest BCUT2D eigenvalue weighted by atomic mass is 10.1. The summed E-state index contributed by atoms with van der Waals surface area (Å²) in [6.07, 6.45) is 0.295. The van der Waals surface area contributed by atoms with Gasteiger partial charge in [0, 0.05) is 31.9 Å². The second kappa shape index (κ2) is 10.0. The van der Waals surface area contributed by atoms with Crippen molar-refractivity contribution in [3.63, 3.8) is 0 Å². The number of hydrogen-bond acceptors (Lipinski definition) is 10. The summed E-state index contributed by atoms with van der Waals surface area (Å²) in [6.45, 7) is 10.9. The Kier molecular flexibility index (Phi) is 7.55. The Labute approximate surface area is 195 Å². The van der Waals surface area contributed by atoms with Gasteiger partial charge in [-0.25, -0.2) is 18.4 Å². The van der Waals surface area contributed by atoms with Crippen molar-refractivity contribution in [1.82, 2.24) is 9.91 Å². The number of rotatable bonds is 8. The Morgan fingerprint density at radius 1 is 1.33 bits per heavy atom. The zero-order valence-electron chi connectivity index (χ0n) is 19.6. The molecule has 33 heavy (non-hydrogen) atoms. The standard InChI is InChI=1S/C22H33N7O3S/c1-14(2)33(30,31)18-8-6-16(7-9-18)15(3)26-20(21(24)25-4)22-28(5)27-19(32-22)13-29-11-10-17(23)12-29/h6-9,14,17,22H,4,10-13,23-24H2,1-3,5H3/b21-20-,26-15?. The van der Waals surface area contributed by atoms with Gasteiger partial charge in [-0.1, -0.05) is 12.1 Å². The molecule has 180 valence electrons. The third kappa shape index (κ3) is 5.60. The van der Waals surface area contributed by atoms with Crippen molar-refractivity contribution in [3.8, 4) is 0 Å². The number of sulfone groups is 1. The van der Waals surface area contributed by atoms with Crippen LogP contribution >= 0.6 is 0 Å². The smallest absolute Gasteiger partial charge is 0.235 e. The van der Waals surface area contributed by atoms with Crippen LogP contribution in [0.5, 0.6) is 0 Å². The molecular weight excluding hydrogens is 442 g/mol. The van der Waals surface area contributed by atoms with Crippen LogP contribution in [0.3, 0.4) is 0 Å². The first kappa shape index (κ1) is 24.9. The summed E-state index contributed by atoms with van der Waals surface area (Å²) < 4.78 is 30.8. The Morgan fingerprint density at radius 2 is 2.00 bits per heavy atom. The minimum Gasteiger partial charge on any atom is -0.447 e. The van der Waals surface area contributed by atoms with Crippen molar-refractivity contribution in [2.45, 2.75) is 49.6 Å². The summed E-state index contributed by atoms with van der Waals surface area (Å²) in [5, 5.41) is 5.64. The third-order valence-corrected chi connectivity index (χ3v) is 7.87. The molecule has 2 aliphatic heterocycles. The van der Waals surface area contributed by atoms with Gasteiger partial charge in [-0.05, 0) is 51.6 Å². The highest BCUT2D eigenvalue weighted by Crippen LogP contribution is 2.24. The molecule has 0 radical (unpaired) electrons. The predicted octanol–water partition coefficient (Wildman–Crippen LogP) is 1.14. The van der Waals surface area contributed by atoms with Gasteiger partial charge in [0.05, 0.1) is 16.7 Å². The summed E-state index contributed by atoms with van der Waals surface area (Å²) in [5.41, 5.74) is 13.8. The largest absolute Gasteiger partial charge is 0.447 e. The first-order valence-corrected chi connectivity index (χ1v) is 12.4. The van der Waals surface area contributed by atoms with Gasteiger partial charge in [0.25, 0.3) is 0 Å². The fraction of sp³-hybridized carbons (Fsp3) is 0.500. The Bertz CT molecular complexity index is 1080. The van der Waals surface area contributed by atoms with Crippen LogP contribution in [0.15, 0.2) is 55.8 Å². The van der Waals surface area contributed by atoms with Crippen molar-refractivity contribution in [2.24, 2.45) is 26.6 Å². The fourth-order valence-electron chi connectivity index (χ4n) is 3.68. The average molecular weight is 476 g/mol. The lowest BCUT2D eigenvalue weighted by Crippen LogP contribution is -2.33. The number of nitrogens with two attached hydrogens (primary N) is 2. The topological polar surface area (TPSA) is 139 Å². The van der Waals surface area contributed by atoms with Crippen LogP contribution in [0.4, 0.5) is 0 Å². The van der Waals surface area contributed by atoms with Gasteiger partial charge in [-0.3, -0.25) is 9.91 Å². The summed E-state index contributed by atoms with van der Waals surface area (Å²) in [7, 11) is -1.57. The van der Waals surface area contributed by atoms with Crippen LogP contribution in [0.1, 0.15) is 32.8 Å². The molecule has 11 heteroatoms. The molecule has 0 aliphatic carbocycles. The van der Waals surface area contributed by atoms with Gasteiger partial charge in [0.15, 0.2) is 9.84 Å². The number of likely N-dealkylation sites (N-methyl/N-ethyl adjacent to an activating group) is 1. The number of benzene rings is 1. The molecule has 2 atom stereocenters. The Balaban J connectivity index is 1.80. The van der Waals surface area contributed by atoms with E-state index in [9.17, 15) is 8.42 Å². The zero-order chi connectivity index (χ0) is 24.3. The number of hydrazone groups is 1. The molecule has 1 saturated heterocycles. The molecule has 0 amide bonds. The van der Waals surface area contributed by atoms with Crippen LogP contribution in [0.25, 0.3) is 0 Å². The maximum Gasteiger partial charge on any atom is 0.235 e. The second-order valence-electron chi connectivity index (χ2n) is 8.57. The zero-order valence-corrected chi connectivity index (χ0v) is 20.4. The van der Waals surface area contributed by atoms with E-state index in [-0.39, 0.29) is 16.8 Å². The molecule has 3 rings (SSSR count). The van der Waals surface area contributed by atoms with E-state index in [1.54, 1.807) is 50.2 Å². The summed E-state index contributed by atoms with van der Waals surface area (Å²) in [6, 6.07) is 6.79. The Morgan fingerprint density at radius 3 is 2.55 bits per heavy atom. The van der Waals surface area contributed by atoms with E-state index in [1.807, 2.05) is 6.92 Å². The van der Waals surface area contributed by atoms with Crippen molar-refractivity contribution < 1.29 is 13.2 Å². The maximum absolute atomic E-state index is 12.4. The van der Waals surface area contributed by atoms with E-state index in [4.69, 9.17) is 16.2 Å². The molecular formula is C22H33N7O3S. The summed E-state index contributed by atoms with van der Waals surface area (Å²) in [4.78, 5) is 11.0. The molecule has 2 heterocycles.